The molecule has 0 bridgehead atoms. The van der Waals surface area contributed by atoms with Gasteiger partial charge >= 0.3 is 199 Å². The Morgan fingerprint density at radius 2 is 1.69 bits per heavy atom. The average Bonchev–Trinajstić information content (AvgIpc) is 3.39. The Labute approximate surface area is 198 Å². The molecule has 32 heavy (non-hydrogen) atoms. The van der Waals surface area contributed by atoms with E-state index in [0.29, 0.717) is 11.3 Å². The molecule has 6 nitrogen and oxygen atoms in total. The fraction of sp³-hybridized carbons (Fsp3) is 0.500. The van der Waals surface area contributed by atoms with Crippen LogP contribution in [0.5, 0.6) is 0 Å². The third-order valence-corrected chi connectivity index (χ3v) is 25.5. The summed E-state index contributed by atoms with van der Waals surface area (Å²) in [5, 5.41) is 0. The number of pyridine rings is 1. The summed E-state index contributed by atoms with van der Waals surface area (Å²) in [6.07, 6.45) is 12.6. The van der Waals surface area contributed by atoms with Crippen molar-refractivity contribution in [3.8, 4) is 0 Å². The molecule has 3 aromatic rings. The van der Waals surface area contributed by atoms with Crippen molar-refractivity contribution < 1.29 is 9.59 Å². The van der Waals surface area contributed by atoms with E-state index < -0.39 is 24.3 Å². The fourth-order valence-corrected chi connectivity index (χ4v) is 24.4. The van der Waals surface area contributed by atoms with Gasteiger partial charge in [0.25, 0.3) is 0 Å². The Morgan fingerprint density at radius 1 is 1.06 bits per heavy atom. The first kappa shape index (κ1) is 24.9. The van der Waals surface area contributed by atoms with Gasteiger partial charge in [-0.3, -0.25) is 0 Å². The third kappa shape index (κ3) is 5.25. The van der Waals surface area contributed by atoms with Gasteiger partial charge in [0, 0.05) is 0 Å². The first-order valence-electron chi connectivity index (χ1n) is 11.7. The fourth-order valence-electron chi connectivity index (χ4n) is 4.37. The quantitative estimate of drug-likeness (QED) is 0.230. The monoisotopic (exact) mass is 562 g/mol. The van der Waals surface area contributed by atoms with E-state index in [1.807, 2.05) is 0 Å². The van der Waals surface area contributed by atoms with Crippen LogP contribution >= 0.6 is 11.3 Å². The Hall–Kier alpha value is -1.74. The number of nitrogens with two attached hydrogens (primary N) is 1. The van der Waals surface area contributed by atoms with E-state index in [-0.39, 0.29) is 11.6 Å². The standard InChI is InChI=1S/C12H7N4O2S.3C4H9.Sn/c13-10(18)11-15-8(12-16(11)4-5-19-12)9(17)7-2-1-3-14-6-7;3*1-3-4-2;/h1-4,6H,(H2,13,18);3*1,3-4H2,2H3;. The molecule has 0 aromatic carbocycles. The number of carbonyl (C=O) groups excluding carboxylic acids is 2. The molecule has 0 atom stereocenters. The second kappa shape index (κ2) is 11.4. The van der Waals surface area contributed by atoms with Crippen LogP contribution in [0.4, 0.5) is 0 Å². The number of hydrogen-bond acceptors (Lipinski definition) is 5. The van der Waals surface area contributed by atoms with Crippen molar-refractivity contribution in [1.82, 2.24) is 14.4 Å². The molecule has 2 N–H and O–H groups in total. The van der Waals surface area contributed by atoms with Gasteiger partial charge in [0.05, 0.1) is 0 Å². The Kier molecular flexibility index (Phi) is 8.87. The molecule has 0 aliphatic carbocycles. The Morgan fingerprint density at radius 3 is 2.19 bits per heavy atom. The normalized spacial score (nSPS) is 11.8. The second-order valence-electron chi connectivity index (χ2n) is 8.58. The van der Waals surface area contributed by atoms with Gasteiger partial charge in [-0.05, 0) is 0 Å². The number of carbonyl (C=O) groups is 2. The number of amides is 1. The molecule has 172 valence electrons. The van der Waals surface area contributed by atoms with E-state index in [2.05, 4.69) is 36.9 Å². The Bertz CT molecular complexity index is 1040. The van der Waals surface area contributed by atoms with Gasteiger partial charge in [-0.2, -0.15) is 0 Å². The van der Waals surface area contributed by atoms with E-state index >= 15 is 0 Å². The van der Waals surface area contributed by atoms with Gasteiger partial charge in [-0.25, -0.2) is 0 Å². The number of imidazole rings is 1. The molecular formula is C24H34N4O2SSn. The molecule has 0 saturated heterocycles. The Balaban J connectivity index is 2.16. The number of ketones is 1. The van der Waals surface area contributed by atoms with E-state index in [1.165, 1.54) is 54.7 Å². The molecule has 0 unspecified atom stereocenters. The van der Waals surface area contributed by atoms with Crippen LogP contribution in [-0.2, 0) is 0 Å². The van der Waals surface area contributed by atoms with Crippen molar-refractivity contribution in [3.63, 3.8) is 0 Å². The molecule has 0 spiro atoms. The van der Waals surface area contributed by atoms with Crippen LogP contribution in [0.15, 0.2) is 30.7 Å². The van der Waals surface area contributed by atoms with Crippen LogP contribution in [0.25, 0.3) is 4.83 Å². The third-order valence-electron chi connectivity index (χ3n) is 6.23. The van der Waals surface area contributed by atoms with Crippen LogP contribution in [0.3, 0.4) is 0 Å². The summed E-state index contributed by atoms with van der Waals surface area (Å²) in [6, 6.07) is 3.46. The number of hydrogen-bond donors (Lipinski definition) is 1. The second-order valence-corrected chi connectivity index (χ2v) is 23.8. The molecule has 3 heterocycles. The zero-order chi connectivity index (χ0) is 23.1. The van der Waals surface area contributed by atoms with Gasteiger partial charge < -0.3 is 0 Å². The minimum atomic E-state index is -2.72. The number of nitrogens with zero attached hydrogens (tertiary/aromatic N) is 3. The van der Waals surface area contributed by atoms with Gasteiger partial charge in [0.15, 0.2) is 0 Å². The number of fused-ring (bicyclic) bond motifs is 1. The first-order valence-corrected chi connectivity index (χ1v) is 20.0. The van der Waals surface area contributed by atoms with Crippen molar-refractivity contribution in [2.45, 2.75) is 72.6 Å². The van der Waals surface area contributed by atoms with E-state index in [9.17, 15) is 9.59 Å². The average molecular weight is 561 g/mol. The van der Waals surface area contributed by atoms with Crippen LogP contribution in [0.2, 0.25) is 13.3 Å². The maximum atomic E-state index is 13.2. The van der Waals surface area contributed by atoms with Gasteiger partial charge in [0.2, 0.25) is 0 Å². The summed E-state index contributed by atoms with van der Waals surface area (Å²) >= 11 is -1.03. The van der Waals surface area contributed by atoms with Gasteiger partial charge in [-0.1, -0.05) is 0 Å². The van der Waals surface area contributed by atoms with E-state index in [0.717, 1.165) is 4.83 Å². The maximum absolute atomic E-state index is 13.2. The summed E-state index contributed by atoms with van der Waals surface area (Å²) in [5.41, 5.74) is 6.45. The number of aromatic nitrogens is 3. The van der Waals surface area contributed by atoms with E-state index in [4.69, 9.17) is 5.73 Å². The summed E-state index contributed by atoms with van der Waals surface area (Å²) < 4.78 is 7.19. The topological polar surface area (TPSA) is 90.4 Å². The van der Waals surface area contributed by atoms with Crippen molar-refractivity contribution >= 4 is 49.1 Å². The molecule has 0 aliphatic rings. The zero-order valence-electron chi connectivity index (χ0n) is 19.4. The molecule has 0 radical (unpaired) electrons. The van der Waals surface area contributed by atoms with Crippen molar-refractivity contribution in [3.05, 3.63) is 47.8 Å². The summed E-state index contributed by atoms with van der Waals surface area (Å²) in [7, 11) is 0. The first-order chi connectivity index (χ1) is 15.5. The molecular weight excluding hydrogens is 527 g/mol. The van der Waals surface area contributed by atoms with E-state index in [1.54, 1.807) is 40.3 Å². The minimum absolute atomic E-state index is 0.149. The SMILES string of the molecule is CCC[CH2][Sn]([CH2]CCC)([CH2]CCC)[c]1cn2c(C(N)=O)nc(C(=O)c3cccnc3)c2s1. The molecule has 8 heteroatoms. The summed E-state index contributed by atoms with van der Waals surface area (Å²) in [4.78, 5) is 34.6. The molecule has 0 saturated carbocycles. The van der Waals surface area contributed by atoms with Crippen LogP contribution < -0.4 is 8.63 Å². The number of rotatable bonds is 13. The molecule has 1 amide bonds. The van der Waals surface area contributed by atoms with Crippen LogP contribution in [0, 0.1) is 0 Å². The van der Waals surface area contributed by atoms with Crippen molar-refractivity contribution in [2.75, 3.05) is 0 Å². The predicted octanol–water partition coefficient (Wildman–Crippen LogP) is 5.18. The van der Waals surface area contributed by atoms with Crippen LogP contribution in [-0.4, -0.2) is 44.4 Å². The molecule has 0 aliphatic heterocycles. The molecule has 3 aromatic heterocycles. The van der Waals surface area contributed by atoms with Crippen molar-refractivity contribution in [1.29, 1.82) is 0 Å². The van der Waals surface area contributed by atoms with Gasteiger partial charge in [-0.15, -0.1) is 0 Å². The number of thiazole rings is 1. The van der Waals surface area contributed by atoms with Crippen LogP contribution in [0.1, 0.15) is 86.0 Å². The van der Waals surface area contributed by atoms with Gasteiger partial charge in [0.1, 0.15) is 0 Å². The van der Waals surface area contributed by atoms with Crippen molar-refractivity contribution in [2.24, 2.45) is 5.73 Å². The zero-order valence-corrected chi connectivity index (χ0v) is 23.1. The molecule has 0 fully saturated rings. The molecule has 3 rings (SSSR count). The summed E-state index contributed by atoms with van der Waals surface area (Å²) in [5.74, 6) is -0.671. The summed E-state index contributed by atoms with van der Waals surface area (Å²) in [6.45, 7) is 6.78. The number of primary amides is 1. The number of unbranched alkanes of at least 4 members (excludes halogenated alkanes) is 3. The predicted molar refractivity (Wildman–Crippen MR) is 134 cm³/mol.